The summed E-state index contributed by atoms with van der Waals surface area (Å²) in [5.41, 5.74) is 6.24. The smallest absolute Gasteiger partial charge is 1.00 e. The third-order valence-electron chi connectivity index (χ3n) is 1.39. The van der Waals surface area contributed by atoms with Crippen LogP contribution in [0.2, 0.25) is 0 Å². The average Bonchev–Trinajstić information content (AvgIpc) is 1.94. The van der Waals surface area contributed by atoms with Crippen molar-refractivity contribution >= 4 is 25.4 Å². The Morgan fingerprint density at radius 1 is 1.45 bits per heavy atom. The fourth-order valence-corrected chi connectivity index (χ4v) is 1.15. The number of benzene rings is 1. The Hall–Kier alpha value is 0.356. The summed E-state index contributed by atoms with van der Waals surface area (Å²) >= 11 is 1.72. The Balaban J connectivity index is 0.000001000. The summed E-state index contributed by atoms with van der Waals surface area (Å²) in [4.78, 5) is 0. The van der Waals surface area contributed by atoms with Gasteiger partial charge in [-0.1, -0.05) is 0 Å². The second-order valence-electron chi connectivity index (χ2n) is 2.12. The Kier molecular flexibility index (Phi) is 5.25. The SMILES string of the molecule is NCc1cc(F)cc[c]1[Mg+].[Br-]. The second kappa shape index (κ2) is 5.08. The van der Waals surface area contributed by atoms with Crippen molar-refractivity contribution in [2.75, 3.05) is 0 Å². The average molecular weight is 228 g/mol. The van der Waals surface area contributed by atoms with E-state index in [1.165, 1.54) is 12.1 Å². The fraction of sp³-hybridized carbons (Fsp3) is 0.143. The van der Waals surface area contributed by atoms with Gasteiger partial charge < -0.3 is 17.0 Å². The van der Waals surface area contributed by atoms with Gasteiger partial charge >= 0.3 is 71.7 Å². The molecule has 0 saturated carbocycles. The van der Waals surface area contributed by atoms with Crippen molar-refractivity contribution in [3.63, 3.8) is 0 Å². The van der Waals surface area contributed by atoms with Gasteiger partial charge in [-0.15, -0.1) is 0 Å². The van der Waals surface area contributed by atoms with Gasteiger partial charge in [0.25, 0.3) is 0 Å². The molecule has 0 radical (unpaired) electrons. The van der Waals surface area contributed by atoms with Crippen molar-refractivity contribution in [2.24, 2.45) is 5.73 Å². The molecule has 1 aromatic rings. The van der Waals surface area contributed by atoms with Gasteiger partial charge in [-0.05, 0) is 0 Å². The first-order chi connectivity index (χ1) is 4.74. The van der Waals surface area contributed by atoms with Crippen LogP contribution in [-0.4, -0.2) is 21.7 Å². The largest absolute Gasteiger partial charge is 1.00 e. The Bertz CT molecular complexity index is 242. The van der Waals surface area contributed by atoms with Crippen molar-refractivity contribution in [3.05, 3.63) is 29.6 Å². The summed E-state index contributed by atoms with van der Waals surface area (Å²) in [7, 11) is 0. The molecule has 2 N–H and O–H groups in total. The van der Waals surface area contributed by atoms with E-state index in [2.05, 4.69) is 0 Å². The molecular formula is C7H7BrFMgN. The Morgan fingerprint density at radius 2 is 2.09 bits per heavy atom. The molecule has 11 heavy (non-hydrogen) atoms. The molecule has 56 valence electrons. The maximum Gasteiger partial charge on any atom is -1.00 e. The Morgan fingerprint density at radius 3 is 2.55 bits per heavy atom. The predicted molar refractivity (Wildman–Crippen MR) is 39.7 cm³/mol. The van der Waals surface area contributed by atoms with Gasteiger partial charge in [-0.2, -0.15) is 0 Å². The molecule has 1 aromatic carbocycles. The molecule has 0 unspecified atom stereocenters. The molecule has 1 rings (SSSR count). The van der Waals surface area contributed by atoms with Crippen molar-refractivity contribution in [2.45, 2.75) is 6.54 Å². The van der Waals surface area contributed by atoms with Crippen LogP contribution in [0.5, 0.6) is 0 Å². The number of hydrogen-bond acceptors (Lipinski definition) is 1. The van der Waals surface area contributed by atoms with Crippen LogP contribution in [-0.2, 0) is 6.54 Å². The topological polar surface area (TPSA) is 26.0 Å². The summed E-state index contributed by atoms with van der Waals surface area (Å²) in [6, 6.07) is 4.67. The molecule has 0 amide bonds. The normalized spacial score (nSPS) is 9.09. The molecule has 0 aromatic heterocycles. The summed E-state index contributed by atoms with van der Waals surface area (Å²) in [6.07, 6.45) is 0. The van der Waals surface area contributed by atoms with Gasteiger partial charge in [-0.3, -0.25) is 0 Å². The van der Waals surface area contributed by atoms with Gasteiger partial charge in [0.05, 0.1) is 0 Å². The van der Waals surface area contributed by atoms with E-state index >= 15 is 0 Å². The molecule has 0 atom stereocenters. The zero-order valence-electron chi connectivity index (χ0n) is 5.98. The van der Waals surface area contributed by atoms with Crippen molar-refractivity contribution < 1.29 is 21.4 Å². The van der Waals surface area contributed by atoms with Crippen LogP contribution in [0.1, 0.15) is 5.56 Å². The number of hydrogen-bond donors (Lipinski definition) is 1. The van der Waals surface area contributed by atoms with Crippen LogP contribution in [0.25, 0.3) is 0 Å². The van der Waals surface area contributed by atoms with Crippen molar-refractivity contribution in [1.29, 1.82) is 0 Å². The zero-order chi connectivity index (χ0) is 7.56. The molecule has 0 aliphatic rings. The first-order valence-corrected chi connectivity index (χ1v) is 3.75. The van der Waals surface area contributed by atoms with Crippen LogP contribution >= 0.6 is 0 Å². The van der Waals surface area contributed by atoms with Gasteiger partial charge in [0, 0.05) is 0 Å². The van der Waals surface area contributed by atoms with E-state index < -0.39 is 0 Å². The van der Waals surface area contributed by atoms with E-state index in [1.807, 2.05) is 0 Å². The van der Waals surface area contributed by atoms with E-state index in [0.717, 1.165) is 9.26 Å². The van der Waals surface area contributed by atoms with Gasteiger partial charge in [-0.25, -0.2) is 0 Å². The first kappa shape index (κ1) is 11.4. The Labute approximate surface area is 88.4 Å². The minimum Gasteiger partial charge on any atom is -1.00 e. The molecule has 0 aliphatic carbocycles. The van der Waals surface area contributed by atoms with E-state index in [9.17, 15) is 4.39 Å². The molecule has 0 aliphatic heterocycles. The summed E-state index contributed by atoms with van der Waals surface area (Å²) in [5.74, 6) is -0.212. The maximum atomic E-state index is 12.5. The van der Waals surface area contributed by atoms with Crippen LogP contribution < -0.4 is 26.4 Å². The molecule has 0 bridgehead atoms. The predicted octanol–water partition coefficient (Wildman–Crippen LogP) is -2.92. The molecule has 0 heterocycles. The number of rotatable bonds is 1. The summed E-state index contributed by atoms with van der Waals surface area (Å²) < 4.78 is 13.6. The molecule has 4 heteroatoms. The van der Waals surface area contributed by atoms with E-state index in [1.54, 1.807) is 27.8 Å². The van der Waals surface area contributed by atoms with Gasteiger partial charge in [0.2, 0.25) is 0 Å². The van der Waals surface area contributed by atoms with Crippen LogP contribution in [0.3, 0.4) is 0 Å². The standard InChI is InChI=1S/C7H7FN.BrH.Mg/c8-7-3-1-2-6(4-7)5-9;;/h1,3-4H,5,9H2;1H;/q;;+1/p-1. The van der Waals surface area contributed by atoms with Crippen LogP contribution in [0.4, 0.5) is 4.39 Å². The fourth-order valence-electron chi connectivity index (χ4n) is 0.785. The van der Waals surface area contributed by atoms with E-state index in [-0.39, 0.29) is 22.8 Å². The van der Waals surface area contributed by atoms with Gasteiger partial charge in [0.15, 0.2) is 0 Å². The zero-order valence-corrected chi connectivity index (χ0v) is 8.98. The third kappa shape index (κ3) is 3.07. The first-order valence-electron chi connectivity index (χ1n) is 3.04. The molecule has 0 saturated heterocycles. The number of nitrogens with two attached hydrogens (primary N) is 1. The minimum absolute atomic E-state index is 0. The van der Waals surface area contributed by atoms with Gasteiger partial charge in [0.1, 0.15) is 0 Å². The third-order valence-corrected chi connectivity index (χ3v) is 2.08. The molecule has 0 spiro atoms. The van der Waals surface area contributed by atoms with Crippen LogP contribution in [0.15, 0.2) is 18.2 Å². The van der Waals surface area contributed by atoms with E-state index in [4.69, 9.17) is 5.73 Å². The van der Waals surface area contributed by atoms with Crippen molar-refractivity contribution in [3.8, 4) is 0 Å². The monoisotopic (exact) mass is 227 g/mol. The van der Waals surface area contributed by atoms with E-state index in [0.29, 0.717) is 6.54 Å². The van der Waals surface area contributed by atoms with Crippen molar-refractivity contribution in [1.82, 2.24) is 0 Å². The molecular weight excluding hydrogens is 221 g/mol. The summed E-state index contributed by atoms with van der Waals surface area (Å²) in [6.45, 7) is 0.413. The minimum atomic E-state index is -0.212. The number of halogens is 2. The molecule has 0 fully saturated rings. The second-order valence-corrected chi connectivity index (χ2v) is 2.88. The maximum absolute atomic E-state index is 12.5. The molecule has 1 nitrogen and oxygen atoms in total. The van der Waals surface area contributed by atoms with Crippen LogP contribution in [0, 0.1) is 5.82 Å². The summed E-state index contributed by atoms with van der Waals surface area (Å²) in [5, 5.41) is 0. The quantitative estimate of drug-likeness (QED) is 0.512.